The lowest BCUT2D eigenvalue weighted by atomic mass is 9.94. The Bertz CT molecular complexity index is 205. The van der Waals surface area contributed by atoms with E-state index in [1.807, 2.05) is 11.9 Å². The summed E-state index contributed by atoms with van der Waals surface area (Å²) in [6.45, 7) is 0.988. The molecule has 1 saturated heterocycles. The van der Waals surface area contributed by atoms with Crippen molar-refractivity contribution in [1.82, 2.24) is 4.90 Å². The van der Waals surface area contributed by atoms with Gasteiger partial charge in [0.1, 0.15) is 6.04 Å². The second-order valence-electron chi connectivity index (χ2n) is 4.08. The van der Waals surface area contributed by atoms with Crippen molar-refractivity contribution in [3.8, 4) is 0 Å². The predicted molar refractivity (Wildman–Crippen MR) is 44.9 cm³/mol. The van der Waals surface area contributed by atoms with Gasteiger partial charge in [0.15, 0.2) is 0 Å². The summed E-state index contributed by atoms with van der Waals surface area (Å²) >= 11 is 0. The number of hydrogen-bond acceptors (Lipinski definition) is 2. The lowest BCUT2D eigenvalue weighted by Crippen LogP contribution is -2.36. The highest BCUT2D eigenvalue weighted by Crippen LogP contribution is 2.41. The molecule has 0 amide bonds. The molecule has 1 N–H and O–H groups in total. The largest absolute Gasteiger partial charge is 0.480 e. The molecule has 3 heteroatoms. The van der Waals surface area contributed by atoms with Crippen LogP contribution in [0, 0.1) is 11.8 Å². The smallest absolute Gasteiger partial charge is 0.321 e. The van der Waals surface area contributed by atoms with Gasteiger partial charge in [0, 0.05) is 6.54 Å². The lowest BCUT2D eigenvalue weighted by Gasteiger charge is -2.18. The first-order valence-electron chi connectivity index (χ1n) is 4.63. The zero-order chi connectivity index (χ0) is 8.72. The number of likely N-dealkylation sites (N-methyl/N-ethyl adjacent to an activating group) is 1. The number of carboxylic acid groups (broad SMARTS) is 1. The van der Waals surface area contributed by atoms with E-state index in [-0.39, 0.29) is 6.04 Å². The van der Waals surface area contributed by atoms with Gasteiger partial charge in [-0.25, -0.2) is 0 Å². The maximum Gasteiger partial charge on any atom is 0.321 e. The van der Waals surface area contributed by atoms with Crippen molar-refractivity contribution in [2.45, 2.75) is 25.3 Å². The van der Waals surface area contributed by atoms with Crippen LogP contribution < -0.4 is 0 Å². The average molecular weight is 169 g/mol. The van der Waals surface area contributed by atoms with E-state index in [0.717, 1.165) is 13.0 Å². The van der Waals surface area contributed by atoms with E-state index in [2.05, 4.69) is 0 Å². The van der Waals surface area contributed by atoms with Crippen molar-refractivity contribution >= 4 is 5.97 Å². The number of carboxylic acids is 1. The summed E-state index contributed by atoms with van der Waals surface area (Å²) in [6, 6.07) is -0.197. The van der Waals surface area contributed by atoms with Crippen molar-refractivity contribution in [2.24, 2.45) is 11.8 Å². The van der Waals surface area contributed by atoms with Crippen LogP contribution in [0.15, 0.2) is 0 Å². The minimum absolute atomic E-state index is 0.197. The SMILES string of the molecule is CN1C[C@@H]2CCC[C@@H]2[C@H]1C(=O)O. The predicted octanol–water partition coefficient (Wildman–Crippen LogP) is 0.801. The van der Waals surface area contributed by atoms with Crippen molar-refractivity contribution in [2.75, 3.05) is 13.6 Å². The first-order chi connectivity index (χ1) is 5.70. The van der Waals surface area contributed by atoms with Crippen LogP contribution in [0.1, 0.15) is 19.3 Å². The van der Waals surface area contributed by atoms with Crippen molar-refractivity contribution in [3.05, 3.63) is 0 Å². The third-order valence-electron chi connectivity index (χ3n) is 3.37. The topological polar surface area (TPSA) is 40.5 Å². The lowest BCUT2D eigenvalue weighted by molar-refractivity contribution is -0.143. The normalized spacial score (nSPS) is 41.6. The molecule has 1 aliphatic heterocycles. The van der Waals surface area contributed by atoms with Crippen molar-refractivity contribution in [1.29, 1.82) is 0 Å². The maximum absolute atomic E-state index is 10.9. The summed E-state index contributed by atoms with van der Waals surface area (Å²) in [7, 11) is 1.93. The van der Waals surface area contributed by atoms with E-state index in [9.17, 15) is 4.79 Å². The molecule has 1 saturated carbocycles. The van der Waals surface area contributed by atoms with E-state index in [0.29, 0.717) is 11.8 Å². The summed E-state index contributed by atoms with van der Waals surface area (Å²) in [5.74, 6) is 0.468. The summed E-state index contributed by atoms with van der Waals surface area (Å²) in [4.78, 5) is 12.9. The third-order valence-corrected chi connectivity index (χ3v) is 3.37. The van der Waals surface area contributed by atoms with Gasteiger partial charge in [0.25, 0.3) is 0 Å². The molecule has 0 bridgehead atoms. The van der Waals surface area contributed by atoms with Gasteiger partial charge in [-0.15, -0.1) is 0 Å². The molecule has 0 aromatic heterocycles. The molecule has 2 aliphatic rings. The quantitative estimate of drug-likeness (QED) is 0.631. The summed E-state index contributed by atoms with van der Waals surface area (Å²) in [6.07, 6.45) is 3.58. The van der Waals surface area contributed by atoms with Crippen LogP contribution in [0.2, 0.25) is 0 Å². The van der Waals surface area contributed by atoms with Crippen LogP contribution in [-0.4, -0.2) is 35.6 Å². The Balaban J connectivity index is 2.15. The third kappa shape index (κ3) is 1.04. The number of carbonyl (C=O) groups is 1. The Morgan fingerprint density at radius 1 is 1.50 bits per heavy atom. The molecule has 0 aromatic carbocycles. The molecule has 68 valence electrons. The van der Waals surface area contributed by atoms with E-state index in [1.54, 1.807) is 0 Å². The van der Waals surface area contributed by atoms with Gasteiger partial charge in [-0.05, 0) is 31.7 Å². The minimum atomic E-state index is -0.632. The second-order valence-corrected chi connectivity index (χ2v) is 4.08. The Morgan fingerprint density at radius 2 is 2.25 bits per heavy atom. The number of rotatable bonds is 1. The summed E-state index contributed by atoms with van der Waals surface area (Å²) in [5.41, 5.74) is 0. The molecule has 0 aromatic rings. The molecule has 3 nitrogen and oxygen atoms in total. The molecular formula is C9H15NO2. The molecule has 0 spiro atoms. The second kappa shape index (κ2) is 2.73. The van der Waals surface area contributed by atoms with Crippen LogP contribution in [0.25, 0.3) is 0 Å². The molecule has 0 unspecified atom stereocenters. The van der Waals surface area contributed by atoms with E-state index in [4.69, 9.17) is 5.11 Å². The zero-order valence-electron chi connectivity index (χ0n) is 7.36. The van der Waals surface area contributed by atoms with Crippen LogP contribution in [-0.2, 0) is 4.79 Å². The molecule has 12 heavy (non-hydrogen) atoms. The van der Waals surface area contributed by atoms with Gasteiger partial charge >= 0.3 is 5.97 Å². The molecule has 1 heterocycles. The number of fused-ring (bicyclic) bond motifs is 1. The van der Waals surface area contributed by atoms with Crippen LogP contribution >= 0.6 is 0 Å². The molecule has 2 rings (SSSR count). The number of likely N-dealkylation sites (tertiary alicyclic amines) is 1. The molecule has 1 aliphatic carbocycles. The highest BCUT2D eigenvalue weighted by Gasteiger charge is 2.45. The van der Waals surface area contributed by atoms with Crippen LogP contribution in [0.5, 0.6) is 0 Å². The van der Waals surface area contributed by atoms with Gasteiger partial charge in [-0.2, -0.15) is 0 Å². The van der Waals surface area contributed by atoms with Crippen LogP contribution in [0.4, 0.5) is 0 Å². The highest BCUT2D eigenvalue weighted by atomic mass is 16.4. The van der Waals surface area contributed by atoms with Crippen molar-refractivity contribution in [3.63, 3.8) is 0 Å². The molecule has 3 atom stereocenters. The Hall–Kier alpha value is -0.570. The minimum Gasteiger partial charge on any atom is -0.480 e. The van der Waals surface area contributed by atoms with Gasteiger partial charge in [0.05, 0.1) is 0 Å². The number of hydrogen-bond donors (Lipinski definition) is 1. The molecule has 0 radical (unpaired) electrons. The van der Waals surface area contributed by atoms with Gasteiger partial charge in [-0.1, -0.05) is 6.42 Å². The standard InChI is InChI=1S/C9H15NO2/c1-10-5-6-3-2-4-7(6)8(10)9(11)12/h6-8H,2-5H2,1H3,(H,11,12)/t6-,7-,8-/m0/s1. The van der Waals surface area contributed by atoms with E-state index < -0.39 is 5.97 Å². The van der Waals surface area contributed by atoms with E-state index >= 15 is 0 Å². The average Bonchev–Trinajstić information content (AvgIpc) is 2.44. The highest BCUT2D eigenvalue weighted by molar-refractivity contribution is 5.74. The van der Waals surface area contributed by atoms with Crippen LogP contribution in [0.3, 0.4) is 0 Å². The fourth-order valence-corrected chi connectivity index (χ4v) is 2.89. The summed E-state index contributed by atoms with van der Waals surface area (Å²) < 4.78 is 0. The van der Waals surface area contributed by atoms with E-state index in [1.165, 1.54) is 12.8 Å². The molecule has 2 fully saturated rings. The summed E-state index contributed by atoms with van der Waals surface area (Å²) in [5, 5.41) is 8.99. The first-order valence-corrected chi connectivity index (χ1v) is 4.63. The fourth-order valence-electron chi connectivity index (χ4n) is 2.89. The van der Waals surface area contributed by atoms with Gasteiger partial charge in [-0.3, -0.25) is 9.69 Å². The molecular weight excluding hydrogens is 154 g/mol. The number of aliphatic carboxylic acids is 1. The Kier molecular flexibility index (Phi) is 1.83. The zero-order valence-corrected chi connectivity index (χ0v) is 7.36. The number of nitrogens with zero attached hydrogens (tertiary/aromatic N) is 1. The van der Waals surface area contributed by atoms with Gasteiger partial charge in [0.2, 0.25) is 0 Å². The van der Waals surface area contributed by atoms with Gasteiger partial charge < -0.3 is 5.11 Å². The van der Waals surface area contributed by atoms with Crippen molar-refractivity contribution < 1.29 is 9.90 Å². The Morgan fingerprint density at radius 3 is 2.92 bits per heavy atom. The first kappa shape index (κ1) is 8.05. The Labute approximate surface area is 72.4 Å². The monoisotopic (exact) mass is 169 g/mol. The fraction of sp³-hybridized carbons (Fsp3) is 0.889. The maximum atomic E-state index is 10.9.